The van der Waals surface area contributed by atoms with Crippen molar-refractivity contribution in [1.29, 1.82) is 0 Å². The van der Waals surface area contributed by atoms with Gasteiger partial charge in [0.2, 0.25) is 11.7 Å². The van der Waals surface area contributed by atoms with E-state index in [0.29, 0.717) is 17.8 Å². The van der Waals surface area contributed by atoms with Crippen LogP contribution >= 0.6 is 15.9 Å². The highest BCUT2D eigenvalue weighted by atomic mass is 79.9. The molecule has 112 valence electrons. The van der Waals surface area contributed by atoms with E-state index in [1.54, 1.807) is 0 Å². The Bertz CT molecular complexity index is 599. The monoisotopic (exact) mass is 349 g/mol. The topological polar surface area (TPSA) is 51.0 Å². The number of rotatable bonds is 3. The van der Waals surface area contributed by atoms with Crippen molar-refractivity contribution in [2.75, 3.05) is 7.05 Å². The Morgan fingerprint density at radius 3 is 2.81 bits per heavy atom. The van der Waals surface area contributed by atoms with Crippen LogP contribution in [0.1, 0.15) is 43.9 Å². The van der Waals surface area contributed by atoms with Gasteiger partial charge < -0.3 is 9.84 Å². The maximum atomic E-state index is 5.58. The average Bonchev–Trinajstić information content (AvgIpc) is 2.85. The van der Waals surface area contributed by atoms with E-state index in [9.17, 15) is 0 Å². The maximum Gasteiger partial charge on any atom is 0.231 e. The Morgan fingerprint density at radius 1 is 1.19 bits per heavy atom. The molecule has 0 bridgehead atoms. The highest BCUT2D eigenvalue weighted by molar-refractivity contribution is 9.10. The highest BCUT2D eigenvalue weighted by Crippen LogP contribution is 2.33. The molecule has 4 nitrogen and oxygen atoms in total. The predicted octanol–water partition coefficient (Wildman–Crippen LogP) is 4.13. The molecule has 1 saturated carbocycles. The molecule has 2 atom stereocenters. The first-order valence-electron chi connectivity index (χ1n) is 7.55. The van der Waals surface area contributed by atoms with E-state index in [0.717, 1.165) is 22.3 Å². The Kier molecular flexibility index (Phi) is 4.70. The maximum absolute atomic E-state index is 5.58. The minimum atomic E-state index is 0.321. The molecule has 5 heteroatoms. The summed E-state index contributed by atoms with van der Waals surface area (Å²) in [7, 11) is 2.02. The lowest BCUT2D eigenvalue weighted by Crippen LogP contribution is -2.31. The molecule has 1 N–H and O–H groups in total. The fourth-order valence-electron chi connectivity index (χ4n) is 3.09. The van der Waals surface area contributed by atoms with Gasteiger partial charge in [-0.25, -0.2) is 0 Å². The molecule has 0 saturated heterocycles. The Morgan fingerprint density at radius 2 is 2.00 bits per heavy atom. The van der Waals surface area contributed by atoms with Crippen molar-refractivity contribution in [3.63, 3.8) is 0 Å². The van der Waals surface area contributed by atoms with Gasteiger partial charge in [-0.3, -0.25) is 0 Å². The van der Waals surface area contributed by atoms with Crippen molar-refractivity contribution in [2.45, 2.75) is 44.1 Å². The quantitative estimate of drug-likeness (QED) is 0.846. The van der Waals surface area contributed by atoms with Crippen molar-refractivity contribution in [1.82, 2.24) is 15.5 Å². The van der Waals surface area contributed by atoms with Crippen LogP contribution in [0.2, 0.25) is 0 Å². The van der Waals surface area contributed by atoms with Crippen LogP contribution in [0.5, 0.6) is 0 Å². The first-order chi connectivity index (χ1) is 10.3. The van der Waals surface area contributed by atoms with Gasteiger partial charge in [0.15, 0.2) is 0 Å². The van der Waals surface area contributed by atoms with Gasteiger partial charge in [-0.05, 0) is 32.0 Å². The SMILES string of the molecule is CNC1CCCCCC1c1nc(-c2ccccc2Br)no1. The molecule has 21 heavy (non-hydrogen) atoms. The smallest absolute Gasteiger partial charge is 0.231 e. The zero-order valence-electron chi connectivity index (χ0n) is 12.2. The summed E-state index contributed by atoms with van der Waals surface area (Å²) >= 11 is 3.54. The number of nitrogens with one attached hydrogen (secondary N) is 1. The minimum Gasteiger partial charge on any atom is -0.339 e. The predicted molar refractivity (Wildman–Crippen MR) is 86.1 cm³/mol. The van der Waals surface area contributed by atoms with Crippen molar-refractivity contribution < 1.29 is 4.52 Å². The number of halogens is 1. The minimum absolute atomic E-state index is 0.321. The molecular formula is C16H20BrN3O. The number of likely N-dealkylation sites (N-methyl/N-ethyl adjacent to an activating group) is 1. The first-order valence-corrected chi connectivity index (χ1v) is 8.34. The molecule has 3 rings (SSSR count). The molecule has 1 aliphatic rings. The van der Waals surface area contributed by atoms with Crippen LogP contribution in [0, 0.1) is 0 Å². The number of aromatic nitrogens is 2. The number of benzene rings is 1. The molecule has 2 unspecified atom stereocenters. The summed E-state index contributed by atoms with van der Waals surface area (Å²) in [5.41, 5.74) is 0.974. The van der Waals surface area contributed by atoms with Gasteiger partial charge in [0.1, 0.15) is 0 Å². The van der Waals surface area contributed by atoms with Crippen LogP contribution in [0.3, 0.4) is 0 Å². The molecule has 0 aliphatic heterocycles. The average molecular weight is 350 g/mol. The largest absolute Gasteiger partial charge is 0.339 e. The summed E-state index contributed by atoms with van der Waals surface area (Å²) in [5.74, 6) is 1.75. The second-order valence-corrected chi connectivity index (χ2v) is 6.43. The first kappa shape index (κ1) is 14.7. The molecular weight excluding hydrogens is 330 g/mol. The number of hydrogen-bond donors (Lipinski definition) is 1. The molecule has 1 aromatic heterocycles. The summed E-state index contributed by atoms with van der Waals surface area (Å²) in [6, 6.07) is 8.39. The van der Waals surface area contributed by atoms with Gasteiger partial charge in [-0.2, -0.15) is 4.98 Å². The normalized spacial score (nSPS) is 23.0. The molecule has 1 aliphatic carbocycles. The molecule has 2 aromatic rings. The molecule has 1 fully saturated rings. The highest BCUT2D eigenvalue weighted by Gasteiger charge is 2.29. The second kappa shape index (κ2) is 6.71. The Hall–Kier alpha value is -1.20. The lowest BCUT2D eigenvalue weighted by atomic mass is 9.95. The lowest BCUT2D eigenvalue weighted by Gasteiger charge is -2.20. The summed E-state index contributed by atoms with van der Waals surface area (Å²) in [4.78, 5) is 4.66. The standard InChI is InChI=1S/C16H20BrN3O/c1-18-14-10-4-2-3-8-12(14)16-19-15(20-21-16)11-7-5-6-9-13(11)17/h5-7,9,12,14,18H,2-4,8,10H2,1H3. The zero-order valence-corrected chi connectivity index (χ0v) is 13.8. The molecule has 0 radical (unpaired) electrons. The van der Waals surface area contributed by atoms with E-state index in [-0.39, 0.29) is 0 Å². The van der Waals surface area contributed by atoms with Gasteiger partial charge in [-0.15, -0.1) is 0 Å². The van der Waals surface area contributed by atoms with Crippen molar-refractivity contribution in [3.8, 4) is 11.4 Å². The van der Waals surface area contributed by atoms with Gasteiger partial charge in [0.05, 0.1) is 5.92 Å². The van der Waals surface area contributed by atoms with E-state index >= 15 is 0 Å². The second-order valence-electron chi connectivity index (χ2n) is 5.58. The van der Waals surface area contributed by atoms with Gasteiger partial charge in [-0.1, -0.05) is 52.5 Å². The van der Waals surface area contributed by atoms with Gasteiger partial charge >= 0.3 is 0 Å². The summed E-state index contributed by atoms with van der Waals surface area (Å²) in [6.07, 6.45) is 6.08. The Labute approximate surface area is 133 Å². The van der Waals surface area contributed by atoms with Crippen LogP contribution in [-0.4, -0.2) is 23.2 Å². The summed E-state index contributed by atoms with van der Waals surface area (Å²) < 4.78 is 6.57. The number of nitrogens with zero attached hydrogens (tertiary/aromatic N) is 2. The summed E-state index contributed by atoms with van der Waals surface area (Å²) in [6.45, 7) is 0. The lowest BCUT2D eigenvalue weighted by molar-refractivity contribution is 0.311. The van der Waals surface area contributed by atoms with E-state index in [4.69, 9.17) is 4.52 Å². The van der Waals surface area contributed by atoms with Crippen molar-refractivity contribution in [3.05, 3.63) is 34.6 Å². The van der Waals surface area contributed by atoms with Crippen LogP contribution in [0.4, 0.5) is 0 Å². The van der Waals surface area contributed by atoms with Crippen LogP contribution in [0.25, 0.3) is 11.4 Å². The molecule has 0 amide bonds. The van der Waals surface area contributed by atoms with E-state index in [1.165, 1.54) is 25.7 Å². The fourth-order valence-corrected chi connectivity index (χ4v) is 3.55. The van der Waals surface area contributed by atoms with Crippen LogP contribution < -0.4 is 5.32 Å². The van der Waals surface area contributed by atoms with Crippen LogP contribution in [0.15, 0.2) is 33.3 Å². The molecule has 1 aromatic carbocycles. The molecule has 0 spiro atoms. The van der Waals surface area contributed by atoms with Crippen molar-refractivity contribution >= 4 is 15.9 Å². The summed E-state index contributed by atoms with van der Waals surface area (Å²) in [5, 5.41) is 7.59. The van der Waals surface area contributed by atoms with Crippen LogP contribution in [-0.2, 0) is 0 Å². The third-order valence-electron chi connectivity index (χ3n) is 4.26. The van der Waals surface area contributed by atoms with Gasteiger partial charge in [0, 0.05) is 16.1 Å². The number of hydrogen-bond acceptors (Lipinski definition) is 4. The van der Waals surface area contributed by atoms with E-state index in [1.807, 2.05) is 31.3 Å². The third-order valence-corrected chi connectivity index (χ3v) is 4.95. The third kappa shape index (κ3) is 3.19. The fraction of sp³-hybridized carbons (Fsp3) is 0.500. The Balaban J connectivity index is 1.88. The zero-order chi connectivity index (χ0) is 14.7. The van der Waals surface area contributed by atoms with E-state index in [2.05, 4.69) is 31.4 Å². The van der Waals surface area contributed by atoms with Crippen molar-refractivity contribution in [2.24, 2.45) is 0 Å². The molecule has 1 heterocycles. The van der Waals surface area contributed by atoms with Gasteiger partial charge in [0.25, 0.3) is 0 Å². The van der Waals surface area contributed by atoms with E-state index < -0.39 is 0 Å².